The van der Waals surface area contributed by atoms with Crippen LogP contribution in [0.2, 0.25) is 0 Å². The van der Waals surface area contributed by atoms with Crippen molar-refractivity contribution >= 4 is 23.7 Å². The van der Waals surface area contributed by atoms with Gasteiger partial charge in [-0.05, 0) is 30.7 Å². The normalized spacial score (nSPS) is 30.2. The number of aliphatic imine (C=N–C) groups is 1. The molecule has 0 bridgehead atoms. The molecule has 1 spiro atoms. The number of fused-ring (bicyclic) bond motifs is 2. The lowest BCUT2D eigenvalue weighted by atomic mass is 9.73. The van der Waals surface area contributed by atoms with E-state index in [0.717, 1.165) is 24.5 Å². The zero-order chi connectivity index (χ0) is 15.0. The van der Waals surface area contributed by atoms with Gasteiger partial charge in [-0.2, -0.15) is 0 Å². The van der Waals surface area contributed by atoms with Crippen molar-refractivity contribution in [2.45, 2.75) is 23.7 Å². The lowest BCUT2D eigenvalue weighted by molar-refractivity contribution is -0.0162. The number of nitrogens with zero attached hydrogens (tertiary/aromatic N) is 1. The van der Waals surface area contributed by atoms with Crippen molar-refractivity contribution in [2.75, 3.05) is 12.4 Å². The van der Waals surface area contributed by atoms with Gasteiger partial charge in [-0.25, -0.2) is 0 Å². The lowest BCUT2D eigenvalue weighted by Gasteiger charge is -2.50. The van der Waals surface area contributed by atoms with Gasteiger partial charge >= 0.3 is 0 Å². The van der Waals surface area contributed by atoms with Crippen LogP contribution in [0.4, 0.5) is 5.69 Å². The second kappa shape index (κ2) is 5.25. The molecule has 1 saturated heterocycles. The monoisotopic (exact) mass is 309 g/mol. The van der Waals surface area contributed by atoms with Crippen LogP contribution in [0.3, 0.4) is 0 Å². The second-order valence-electron chi connectivity index (χ2n) is 6.01. The Morgan fingerprint density at radius 2 is 1.82 bits per heavy atom. The first kappa shape index (κ1) is 14.0. The Hall–Kier alpha value is -1.58. The Balaban J connectivity index is 1.96. The molecular formula is C19H19NOS. The van der Waals surface area contributed by atoms with Gasteiger partial charge in [0.05, 0.1) is 11.1 Å². The Bertz CT molecular complexity index is 706. The van der Waals surface area contributed by atoms with Crippen LogP contribution in [-0.2, 0) is 15.1 Å². The highest BCUT2D eigenvalue weighted by molar-refractivity contribution is 8.00. The standard InChI is InChI=1S/C19H19NOS/c1-18(15-8-3-2-4-9-15)14-20-17-11-6-5-10-16(17)19(18)21-12-7-13-22-19/h2-6,8-11,14H,7,12-13H2,1H3/t18-,19-/m1/s1. The van der Waals surface area contributed by atoms with Crippen molar-refractivity contribution in [1.82, 2.24) is 0 Å². The molecule has 0 aliphatic carbocycles. The number of benzene rings is 2. The summed E-state index contributed by atoms with van der Waals surface area (Å²) >= 11 is 1.92. The average Bonchev–Trinajstić information content (AvgIpc) is 2.60. The fourth-order valence-corrected chi connectivity index (χ4v) is 4.98. The van der Waals surface area contributed by atoms with Crippen molar-refractivity contribution in [1.29, 1.82) is 0 Å². The number of hydrogen-bond donors (Lipinski definition) is 0. The molecular weight excluding hydrogens is 290 g/mol. The van der Waals surface area contributed by atoms with Crippen LogP contribution in [0.25, 0.3) is 0 Å². The zero-order valence-electron chi connectivity index (χ0n) is 12.7. The van der Waals surface area contributed by atoms with Crippen LogP contribution in [-0.4, -0.2) is 18.6 Å². The van der Waals surface area contributed by atoms with E-state index in [-0.39, 0.29) is 10.3 Å². The van der Waals surface area contributed by atoms with Crippen molar-refractivity contribution in [3.05, 3.63) is 65.7 Å². The molecule has 2 aliphatic heterocycles. The quantitative estimate of drug-likeness (QED) is 0.763. The van der Waals surface area contributed by atoms with Crippen LogP contribution in [0.5, 0.6) is 0 Å². The predicted octanol–water partition coefficient (Wildman–Crippen LogP) is 4.67. The fourth-order valence-electron chi connectivity index (χ4n) is 3.46. The maximum atomic E-state index is 6.47. The Morgan fingerprint density at radius 1 is 1.05 bits per heavy atom. The van der Waals surface area contributed by atoms with Crippen LogP contribution in [0, 0.1) is 0 Å². The smallest absolute Gasteiger partial charge is 0.155 e. The first-order chi connectivity index (χ1) is 10.8. The third-order valence-corrected chi connectivity index (χ3v) is 6.34. The number of para-hydroxylation sites is 1. The molecule has 2 aliphatic rings. The van der Waals surface area contributed by atoms with Crippen molar-refractivity contribution in [3.63, 3.8) is 0 Å². The van der Waals surface area contributed by atoms with Gasteiger partial charge in [0.2, 0.25) is 0 Å². The predicted molar refractivity (Wildman–Crippen MR) is 93.1 cm³/mol. The third-order valence-electron chi connectivity index (χ3n) is 4.68. The van der Waals surface area contributed by atoms with E-state index in [1.807, 2.05) is 17.8 Å². The molecule has 2 nitrogen and oxygen atoms in total. The minimum absolute atomic E-state index is 0.270. The van der Waals surface area contributed by atoms with Gasteiger partial charge in [0.1, 0.15) is 0 Å². The highest BCUT2D eigenvalue weighted by Gasteiger charge is 2.55. The van der Waals surface area contributed by atoms with Gasteiger partial charge in [-0.3, -0.25) is 4.99 Å². The Kier molecular flexibility index (Phi) is 3.35. The van der Waals surface area contributed by atoms with E-state index >= 15 is 0 Å². The molecule has 2 atom stereocenters. The number of thioether (sulfide) groups is 1. The molecule has 0 radical (unpaired) electrons. The number of hydrogen-bond acceptors (Lipinski definition) is 3. The molecule has 0 amide bonds. The summed E-state index contributed by atoms with van der Waals surface area (Å²) in [4.78, 5) is 4.37. The molecule has 1 fully saturated rings. The Labute approximate surface area is 135 Å². The summed E-state index contributed by atoms with van der Waals surface area (Å²) in [6.07, 6.45) is 3.19. The van der Waals surface area contributed by atoms with Crippen LogP contribution < -0.4 is 0 Å². The van der Waals surface area contributed by atoms with E-state index in [1.54, 1.807) is 0 Å². The summed E-state index contributed by atoms with van der Waals surface area (Å²) in [7, 11) is 0. The van der Waals surface area contributed by atoms with Crippen LogP contribution in [0.15, 0.2) is 59.6 Å². The third kappa shape index (κ3) is 1.89. The number of rotatable bonds is 1. The molecule has 112 valence electrons. The minimum atomic E-state index is -0.384. The van der Waals surface area contributed by atoms with Crippen molar-refractivity contribution in [2.24, 2.45) is 4.99 Å². The molecule has 22 heavy (non-hydrogen) atoms. The van der Waals surface area contributed by atoms with E-state index in [1.165, 1.54) is 11.1 Å². The maximum Gasteiger partial charge on any atom is 0.155 e. The molecule has 0 aromatic heterocycles. The molecule has 0 unspecified atom stereocenters. The SMILES string of the molecule is C[C@]1(c2ccccc2)C=Nc2ccccc2[C@]12OCCCS2. The van der Waals surface area contributed by atoms with Gasteiger partial charge in [-0.15, -0.1) is 11.8 Å². The topological polar surface area (TPSA) is 21.6 Å². The lowest BCUT2D eigenvalue weighted by Crippen LogP contribution is -2.51. The highest BCUT2D eigenvalue weighted by atomic mass is 32.2. The van der Waals surface area contributed by atoms with Crippen molar-refractivity contribution in [3.8, 4) is 0 Å². The summed E-state index contributed by atoms with van der Waals surface area (Å²) in [5.41, 5.74) is 3.22. The van der Waals surface area contributed by atoms with E-state index in [9.17, 15) is 0 Å². The molecule has 4 rings (SSSR count). The van der Waals surface area contributed by atoms with Crippen LogP contribution in [0.1, 0.15) is 24.5 Å². The van der Waals surface area contributed by atoms with Gasteiger partial charge in [0.15, 0.2) is 4.93 Å². The summed E-state index contributed by atoms with van der Waals surface area (Å²) in [5, 5.41) is 0. The molecule has 2 aromatic carbocycles. The van der Waals surface area contributed by atoms with Crippen molar-refractivity contribution < 1.29 is 4.74 Å². The fraction of sp³-hybridized carbons (Fsp3) is 0.316. The molecule has 2 heterocycles. The van der Waals surface area contributed by atoms with E-state index in [4.69, 9.17) is 9.73 Å². The maximum absolute atomic E-state index is 6.47. The first-order valence-electron chi connectivity index (χ1n) is 7.74. The summed E-state index contributed by atoms with van der Waals surface area (Å²) in [6, 6.07) is 19.0. The molecule has 0 N–H and O–H groups in total. The molecule has 0 saturated carbocycles. The van der Waals surface area contributed by atoms with Gasteiger partial charge < -0.3 is 4.74 Å². The largest absolute Gasteiger partial charge is 0.359 e. The van der Waals surface area contributed by atoms with Gasteiger partial charge in [0.25, 0.3) is 0 Å². The average molecular weight is 309 g/mol. The highest BCUT2D eigenvalue weighted by Crippen LogP contribution is 2.57. The van der Waals surface area contributed by atoms with E-state index < -0.39 is 0 Å². The number of ether oxygens (including phenoxy) is 1. The Morgan fingerprint density at radius 3 is 2.59 bits per heavy atom. The van der Waals surface area contributed by atoms with Crippen LogP contribution >= 0.6 is 11.8 Å². The molecule has 3 heteroatoms. The second-order valence-corrected chi connectivity index (χ2v) is 7.28. The first-order valence-corrected chi connectivity index (χ1v) is 8.73. The van der Waals surface area contributed by atoms with Gasteiger partial charge in [0, 0.05) is 18.4 Å². The summed E-state index contributed by atoms with van der Waals surface area (Å²) < 4.78 is 6.47. The summed E-state index contributed by atoms with van der Waals surface area (Å²) in [6.45, 7) is 3.05. The van der Waals surface area contributed by atoms with Gasteiger partial charge in [-0.1, -0.05) is 48.5 Å². The zero-order valence-corrected chi connectivity index (χ0v) is 13.5. The summed E-state index contributed by atoms with van der Waals surface area (Å²) in [5.74, 6) is 1.12. The minimum Gasteiger partial charge on any atom is -0.359 e. The molecule has 2 aromatic rings. The van der Waals surface area contributed by atoms with E-state index in [2.05, 4.69) is 61.7 Å². The van der Waals surface area contributed by atoms with E-state index in [0.29, 0.717) is 0 Å².